The molecule has 6 nitrogen and oxygen atoms in total. The first-order chi connectivity index (χ1) is 12.4. The summed E-state index contributed by atoms with van der Waals surface area (Å²) < 4.78 is 0. The Morgan fingerprint density at radius 3 is 2.38 bits per heavy atom. The Hall–Kier alpha value is -3.02. The molecule has 1 unspecified atom stereocenters. The zero-order chi connectivity index (χ0) is 19.1. The zero-order valence-corrected chi connectivity index (χ0v) is 15.7. The highest BCUT2D eigenvalue weighted by Crippen LogP contribution is 2.24. The van der Waals surface area contributed by atoms with Gasteiger partial charge in [0.2, 0.25) is 0 Å². The predicted octanol–water partition coefficient (Wildman–Crippen LogP) is 3.39. The van der Waals surface area contributed by atoms with Crippen molar-refractivity contribution >= 4 is 23.3 Å². The van der Waals surface area contributed by atoms with E-state index < -0.39 is 0 Å². The summed E-state index contributed by atoms with van der Waals surface area (Å²) in [5.74, 6) is -0.190. The van der Waals surface area contributed by atoms with Crippen LogP contribution in [0, 0.1) is 0 Å². The average molecular weight is 354 g/mol. The molecule has 3 N–H and O–H groups in total. The first-order valence-corrected chi connectivity index (χ1v) is 8.64. The van der Waals surface area contributed by atoms with Crippen LogP contribution in [0.3, 0.4) is 0 Å². The van der Waals surface area contributed by atoms with Gasteiger partial charge in [-0.15, -0.1) is 0 Å². The lowest BCUT2D eigenvalue weighted by Crippen LogP contribution is -2.30. The van der Waals surface area contributed by atoms with E-state index in [1.807, 2.05) is 69.2 Å². The van der Waals surface area contributed by atoms with Gasteiger partial charge < -0.3 is 20.9 Å². The van der Waals surface area contributed by atoms with E-state index in [-0.39, 0.29) is 18.0 Å². The van der Waals surface area contributed by atoms with Gasteiger partial charge in [0.05, 0.1) is 11.6 Å². The fraction of sp³-hybridized carbons (Fsp3) is 0.300. The number of carbonyl (C=O) groups excluding carboxylic acids is 2. The largest absolute Gasteiger partial charge is 0.377 e. The molecule has 0 radical (unpaired) electrons. The summed E-state index contributed by atoms with van der Waals surface area (Å²) in [5, 5.41) is 8.43. The van der Waals surface area contributed by atoms with E-state index in [4.69, 9.17) is 0 Å². The van der Waals surface area contributed by atoms with Crippen molar-refractivity contribution in [1.29, 1.82) is 0 Å². The van der Waals surface area contributed by atoms with E-state index in [0.29, 0.717) is 17.8 Å². The van der Waals surface area contributed by atoms with Gasteiger partial charge in [-0.3, -0.25) is 4.79 Å². The molecule has 1 atom stereocenters. The maximum atomic E-state index is 12.9. The van der Waals surface area contributed by atoms with Gasteiger partial charge in [0.1, 0.15) is 0 Å². The standard InChI is InChI=1S/C20H26N4O2/c1-5-21-20(26)23-16-11-12-18(24(3)4)17(13-16)19(25)22-14(2)15-9-7-6-8-10-15/h6-14H,5H2,1-4H3,(H,22,25)(H2,21,23,26). The number of hydrogen-bond acceptors (Lipinski definition) is 3. The van der Waals surface area contributed by atoms with Crippen LogP contribution in [0.25, 0.3) is 0 Å². The summed E-state index contributed by atoms with van der Waals surface area (Å²) in [6, 6.07) is 14.7. The van der Waals surface area contributed by atoms with Crippen LogP contribution in [0.15, 0.2) is 48.5 Å². The topological polar surface area (TPSA) is 73.5 Å². The fourth-order valence-electron chi connectivity index (χ4n) is 2.62. The van der Waals surface area contributed by atoms with Gasteiger partial charge in [-0.1, -0.05) is 30.3 Å². The molecular weight excluding hydrogens is 328 g/mol. The molecule has 2 rings (SSSR count). The molecule has 0 saturated carbocycles. The van der Waals surface area contributed by atoms with Crippen LogP contribution in [0.1, 0.15) is 35.8 Å². The number of anilines is 2. The van der Waals surface area contributed by atoms with Crippen molar-refractivity contribution in [3.05, 3.63) is 59.7 Å². The highest BCUT2D eigenvalue weighted by atomic mass is 16.2. The number of nitrogens with zero attached hydrogens (tertiary/aromatic N) is 1. The lowest BCUT2D eigenvalue weighted by molar-refractivity contribution is 0.0940. The predicted molar refractivity (Wildman–Crippen MR) is 106 cm³/mol. The quantitative estimate of drug-likeness (QED) is 0.744. The Labute approximate surface area is 154 Å². The van der Waals surface area contributed by atoms with Crippen molar-refractivity contribution in [2.75, 3.05) is 30.9 Å². The van der Waals surface area contributed by atoms with Gasteiger partial charge in [0, 0.05) is 32.0 Å². The Morgan fingerprint density at radius 2 is 1.77 bits per heavy atom. The summed E-state index contributed by atoms with van der Waals surface area (Å²) >= 11 is 0. The first kappa shape index (κ1) is 19.3. The number of hydrogen-bond donors (Lipinski definition) is 3. The second kappa shape index (κ2) is 8.89. The van der Waals surface area contributed by atoms with Crippen molar-refractivity contribution in [2.24, 2.45) is 0 Å². The monoisotopic (exact) mass is 354 g/mol. The molecule has 0 saturated heterocycles. The van der Waals surface area contributed by atoms with Crippen molar-refractivity contribution in [3.63, 3.8) is 0 Å². The van der Waals surface area contributed by atoms with Crippen LogP contribution < -0.4 is 20.9 Å². The van der Waals surface area contributed by atoms with E-state index in [1.54, 1.807) is 12.1 Å². The minimum atomic E-state index is -0.297. The average Bonchev–Trinajstić information content (AvgIpc) is 2.62. The SMILES string of the molecule is CCNC(=O)Nc1ccc(N(C)C)c(C(=O)NC(C)c2ccccc2)c1. The van der Waals surface area contributed by atoms with Crippen LogP contribution in [-0.4, -0.2) is 32.6 Å². The molecule has 6 heteroatoms. The number of amides is 3. The molecule has 2 aromatic carbocycles. The fourth-order valence-corrected chi connectivity index (χ4v) is 2.62. The van der Waals surface area contributed by atoms with E-state index >= 15 is 0 Å². The molecule has 0 heterocycles. The molecule has 0 aliphatic heterocycles. The summed E-state index contributed by atoms with van der Waals surface area (Å²) in [6.07, 6.45) is 0. The number of nitrogens with one attached hydrogen (secondary N) is 3. The Kier molecular flexibility index (Phi) is 6.60. The molecule has 0 spiro atoms. The van der Waals surface area contributed by atoms with Crippen LogP contribution in [0.2, 0.25) is 0 Å². The van der Waals surface area contributed by atoms with Crippen molar-refractivity contribution in [1.82, 2.24) is 10.6 Å². The smallest absolute Gasteiger partial charge is 0.319 e. The van der Waals surface area contributed by atoms with Crippen LogP contribution in [0.5, 0.6) is 0 Å². The molecule has 0 fully saturated rings. The summed E-state index contributed by atoms with van der Waals surface area (Å²) in [5.41, 5.74) is 2.89. The molecule has 0 bridgehead atoms. The highest BCUT2D eigenvalue weighted by Gasteiger charge is 2.17. The summed E-state index contributed by atoms with van der Waals surface area (Å²) in [4.78, 5) is 26.5. The molecule has 0 aromatic heterocycles. The first-order valence-electron chi connectivity index (χ1n) is 8.64. The molecule has 26 heavy (non-hydrogen) atoms. The molecule has 138 valence electrons. The van der Waals surface area contributed by atoms with Crippen molar-refractivity contribution in [2.45, 2.75) is 19.9 Å². The maximum absolute atomic E-state index is 12.9. The van der Waals surface area contributed by atoms with E-state index in [9.17, 15) is 9.59 Å². The lowest BCUT2D eigenvalue weighted by Gasteiger charge is -2.20. The normalized spacial score (nSPS) is 11.4. The summed E-state index contributed by atoms with van der Waals surface area (Å²) in [6.45, 7) is 4.32. The highest BCUT2D eigenvalue weighted by molar-refractivity contribution is 6.02. The van der Waals surface area contributed by atoms with E-state index in [0.717, 1.165) is 11.3 Å². The second-order valence-electron chi connectivity index (χ2n) is 6.22. The lowest BCUT2D eigenvalue weighted by atomic mass is 10.1. The second-order valence-corrected chi connectivity index (χ2v) is 6.22. The number of urea groups is 1. The Balaban J connectivity index is 2.23. The zero-order valence-electron chi connectivity index (χ0n) is 15.7. The minimum Gasteiger partial charge on any atom is -0.377 e. The van der Waals surface area contributed by atoms with Crippen molar-refractivity contribution < 1.29 is 9.59 Å². The molecule has 3 amide bonds. The van der Waals surface area contributed by atoms with Crippen molar-refractivity contribution in [3.8, 4) is 0 Å². The third-order valence-electron chi connectivity index (χ3n) is 3.97. The minimum absolute atomic E-state index is 0.126. The van der Waals surface area contributed by atoms with Gasteiger partial charge in [0.15, 0.2) is 0 Å². The van der Waals surface area contributed by atoms with Gasteiger partial charge in [-0.05, 0) is 37.6 Å². The Bertz CT molecular complexity index is 760. The third kappa shape index (κ3) is 4.99. The van der Waals surface area contributed by atoms with Gasteiger partial charge in [-0.2, -0.15) is 0 Å². The molecule has 2 aromatic rings. The summed E-state index contributed by atoms with van der Waals surface area (Å²) in [7, 11) is 3.76. The molecule has 0 aliphatic carbocycles. The van der Waals surface area contributed by atoms with E-state index in [2.05, 4.69) is 16.0 Å². The number of benzene rings is 2. The Morgan fingerprint density at radius 1 is 1.08 bits per heavy atom. The van der Waals surface area contributed by atoms with E-state index in [1.165, 1.54) is 0 Å². The number of carbonyl (C=O) groups is 2. The maximum Gasteiger partial charge on any atom is 0.319 e. The van der Waals surface area contributed by atoms with Crippen LogP contribution in [0.4, 0.5) is 16.2 Å². The van der Waals surface area contributed by atoms with Gasteiger partial charge in [-0.25, -0.2) is 4.79 Å². The third-order valence-corrected chi connectivity index (χ3v) is 3.97. The molecule has 0 aliphatic rings. The van der Waals surface area contributed by atoms with Gasteiger partial charge >= 0.3 is 6.03 Å². The number of rotatable bonds is 6. The van der Waals surface area contributed by atoms with Gasteiger partial charge in [0.25, 0.3) is 5.91 Å². The molecular formula is C20H26N4O2. The van der Waals surface area contributed by atoms with Crippen LogP contribution >= 0.6 is 0 Å². The van der Waals surface area contributed by atoms with Crippen LogP contribution in [-0.2, 0) is 0 Å².